The molecule has 0 saturated heterocycles. The molecule has 0 bridgehead atoms. The number of rotatable bonds is 10. The molecular formula is C20H26ClNO2. The third-order valence-electron chi connectivity index (χ3n) is 3.84. The summed E-state index contributed by atoms with van der Waals surface area (Å²) in [7, 11) is 1.61. The van der Waals surface area contributed by atoms with Crippen LogP contribution in [-0.2, 0) is 6.54 Å². The van der Waals surface area contributed by atoms with Gasteiger partial charge in [0.2, 0.25) is 0 Å². The maximum atomic E-state index is 6.13. The SMILES string of the molecule is CCCCCCOc1ccc(CNc2ccc(OC)c(Cl)c2)cc1. The minimum atomic E-state index is 0.606. The van der Waals surface area contributed by atoms with Gasteiger partial charge in [-0.1, -0.05) is 49.9 Å². The van der Waals surface area contributed by atoms with Crippen molar-refractivity contribution in [2.75, 3.05) is 19.0 Å². The Morgan fingerprint density at radius 1 is 1.00 bits per heavy atom. The molecule has 0 aliphatic rings. The average molecular weight is 348 g/mol. The number of anilines is 1. The molecule has 0 aromatic heterocycles. The molecule has 1 N–H and O–H groups in total. The molecule has 0 amide bonds. The first-order chi connectivity index (χ1) is 11.7. The van der Waals surface area contributed by atoms with Crippen molar-refractivity contribution in [3.8, 4) is 11.5 Å². The standard InChI is InChI=1S/C20H26ClNO2/c1-3-4-5-6-13-24-18-10-7-16(8-11-18)15-22-17-9-12-20(23-2)19(21)14-17/h7-12,14,22H,3-6,13,15H2,1-2H3. The van der Waals surface area contributed by atoms with Gasteiger partial charge >= 0.3 is 0 Å². The van der Waals surface area contributed by atoms with E-state index in [0.717, 1.165) is 31.0 Å². The summed E-state index contributed by atoms with van der Waals surface area (Å²) in [6, 6.07) is 13.9. The lowest BCUT2D eigenvalue weighted by atomic mass is 10.2. The lowest BCUT2D eigenvalue weighted by Crippen LogP contribution is -2.00. The first-order valence-electron chi connectivity index (χ1n) is 8.52. The van der Waals surface area contributed by atoms with Gasteiger partial charge in [-0.15, -0.1) is 0 Å². The van der Waals surface area contributed by atoms with Crippen molar-refractivity contribution in [2.45, 2.75) is 39.2 Å². The first-order valence-corrected chi connectivity index (χ1v) is 8.90. The van der Waals surface area contributed by atoms with Crippen LogP contribution in [0.25, 0.3) is 0 Å². The Balaban J connectivity index is 1.78. The Morgan fingerprint density at radius 2 is 1.79 bits per heavy atom. The Bertz CT molecular complexity index is 614. The first kappa shape index (κ1) is 18.5. The fraction of sp³-hybridized carbons (Fsp3) is 0.400. The lowest BCUT2D eigenvalue weighted by molar-refractivity contribution is 0.305. The Kier molecular flexibility index (Phi) is 7.76. The summed E-state index contributed by atoms with van der Waals surface area (Å²) in [5, 5.41) is 3.96. The van der Waals surface area contributed by atoms with Crippen LogP contribution in [0.5, 0.6) is 11.5 Å². The highest BCUT2D eigenvalue weighted by Gasteiger charge is 2.02. The van der Waals surface area contributed by atoms with Gasteiger partial charge in [0.05, 0.1) is 18.7 Å². The molecule has 0 fully saturated rings. The van der Waals surface area contributed by atoms with E-state index in [1.807, 2.05) is 30.3 Å². The van der Waals surface area contributed by atoms with Crippen molar-refractivity contribution in [3.05, 3.63) is 53.1 Å². The van der Waals surface area contributed by atoms with Gasteiger partial charge in [-0.05, 0) is 42.3 Å². The molecule has 3 nitrogen and oxygen atoms in total. The van der Waals surface area contributed by atoms with Crippen LogP contribution in [0.1, 0.15) is 38.2 Å². The summed E-state index contributed by atoms with van der Waals surface area (Å²) in [5.74, 6) is 1.62. The number of hydrogen-bond donors (Lipinski definition) is 1. The number of unbranched alkanes of at least 4 members (excludes halogenated alkanes) is 3. The van der Waals surface area contributed by atoms with Gasteiger partial charge < -0.3 is 14.8 Å². The van der Waals surface area contributed by atoms with Gasteiger partial charge in [0.1, 0.15) is 11.5 Å². The summed E-state index contributed by atoms with van der Waals surface area (Å²) in [6.45, 7) is 3.74. The predicted octanol–water partition coefficient (Wildman–Crippen LogP) is 5.92. The zero-order valence-electron chi connectivity index (χ0n) is 14.5. The smallest absolute Gasteiger partial charge is 0.137 e. The summed E-state index contributed by atoms with van der Waals surface area (Å²) in [4.78, 5) is 0. The van der Waals surface area contributed by atoms with Gasteiger partial charge in [0.15, 0.2) is 0 Å². The number of halogens is 1. The van der Waals surface area contributed by atoms with Crippen molar-refractivity contribution in [2.24, 2.45) is 0 Å². The molecule has 2 aromatic rings. The van der Waals surface area contributed by atoms with Crippen LogP contribution in [0.3, 0.4) is 0 Å². The van der Waals surface area contributed by atoms with Gasteiger partial charge in [-0.3, -0.25) is 0 Å². The summed E-state index contributed by atoms with van der Waals surface area (Å²) < 4.78 is 10.9. The van der Waals surface area contributed by atoms with Crippen molar-refractivity contribution in [1.82, 2.24) is 0 Å². The Morgan fingerprint density at radius 3 is 2.46 bits per heavy atom. The molecule has 24 heavy (non-hydrogen) atoms. The summed E-state index contributed by atoms with van der Waals surface area (Å²) in [6.07, 6.45) is 4.89. The van der Waals surface area contributed by atoms with E-state index in [-0.39, 0.29) is 0 Å². The fourth-order valence-corrected chi connectivity index (χ4v) is 2.66. The van der Waals surface area contributed by atoms with Gasteiger partial charge in [0, 0.05) is 12.2 Å². The zero-order chi connectivity index (χ0) is 17.2. The highest BCUT2D eigenvalue weighted by molar-refractivity contribution is 6.32. The second kappa shape index (κ2) is 10.1. The van der Waals surface area contributed by atoms with E-state index in [4.69, 9.17) is 21.1 Å². The van der Waals surface area contributed by atoms with Gasteiger partial charge in [-0.2, -0.15) is 0 Å². The monoisotopic (exact) mass is 347 g/mol. The van der Waals surface area contributed by atoms with E-state index in [9.17, 15) is 0 Å². The highest BCUT2D eigenvalue weighted by atomic mass is 35.5. The predicted molar refractivity (Wildman–Crippen MR) is 101 cm³/mol. The second-order valence-electron chi connectivity index (χ2n) is 5.76. The van der Waals surface area contributed by atoms with Crippen LogP contribution < -0.4 is 14.8 Å². The van der Waals surface area contributed by atoms with Crippen LogP contribution in [0.2, 0.25) is 5.02 Å². The summed E-state index contributed by atoms with van der Waals surface area (Å²) >= 11 is 6.13. The molecule has 0 atom stereocenters. The largest absolute Gasteiger partial charge is 0.495 e. The van der Waals surface area contributed by atoms with Crippen LogP contribution in [0.15, 0.2) is 42.5 Å². The third kappa shape index (κ3) is 5.97. The second-order valence-corrected chi connectivity index (χ2v) is 6.16. The molecule has 0 radical (unpaired) electrons. The normalized spacial score (nSPS) is 10.5. The van der Waals surface area contributed by atoms with Crippen molar-refractivity contribution >= 4 is 17.3 Å². The van der Waals surface area contributed by atoms with Crippen LogP contribution >= 0.6 is 11.6 Å². The number of nitrogens with one attached hydrogen (secondary N) is 1. The van der Waals surface area contributed by atoms with Gasteiger partial charge in [-0.25, -0.2) is 0 Å². The molecule has 130 valence electrons. The van der Waals surface area contributed by atoms with Crippen molar-refractivity contribution in [1.29, 1.82) is 0 Å². The fourth-order valence-electron chi connectivity index (χ4n) is 2.40. The minimum Gasteiger partial charge on any atom is -0.495 e. The molecular weight excluding hydrogens is 322 g/mol. The van der Waals surface area contributed by atoms with Crippen LogP contribution in [0.4, 0.5) is 5.69 Å². The van der Waals surface area contributed by atoms with Crippen LogP contribution in [0, 0.1) is 0 Å². The van der Waals surface area contributed by atoms with E-state index < -0.39 is 0 Å². The van der Waals surface area contributed by atoms with Crippen molar-refractivity contribution in [3.63, 3.8) is 0 Å². The van der Waals surface area contributed by atoms with Gasteiger partial charge in [0.25, 0.3) is 0 Å². The zero-order valence-corrected chi connectivity index (χ0v) is 15.2. The average Bonchev–Trinajstić information content (AvgIpc) is 2.61. The molecule has 0 aliphatic carbocycles. The minimum absolute atomic E-state index is 0.606. The molecule has 2 aromatic carbocycles. The molecule has 0 saturated carbocycles. The van der Waals surface area contributed by atoms with E-state index in [1.165, 1.54) is 24.8 Å². The topological polar surface area (TPSA) is 30.5 Å². The molecule has 0 heterocycles. The number of hydrogen-bond acceptors (Lipinski definition) is 3. The van der Waals surface area contributed by atoms with Crippen LogP contribution in [-0.4, -0.2) is 13.7 Å². The number of ether oxygens (including phenoxy) is 2. The molecule has 4 heteroatoms. The molecule has 0 aliphatic heterocycles. The quantitative estimate of drug-likeness (QED) is 0.541. The van der Waals surface area contributed by atoms with E-state index in [1.54, 1.807) is 7.11 Å². The summed E-state index contributed by atoms with van der Waals surface area (Å²) in [5.41, 5.74) is 2.16. The van der Waals surface area contributed by atoms with E-state index >= 15 is 0 Å². The number of benzene rings is 2. The Hall–Kier alpha value is -1.87. The van der Waals surface area contributed by atoms with E-state index in [0.29, 0.717) is 10.8 Å². The third-order valence-corrected chi connectivity index (χ3v) is 4.13. The van der Waals surface area contributed by atoms with E-state index in [2.05, 4.69) is 24.4 Å². The maximum absolute atomic E-state index is 6.13. The van der Waals surface area contributed by atoms with Crippen molar-refractivity contribution < 1.29 is 9.47 Å². The molecule has 2 rings (SSSR count). The number of methoxy groups -OCH3 is 1. The maximum Gasteiger partial charge on any atom is 0.137 e. The highest BCUT2D eigenvalue weighted by Crippen LogP contribution is 2.27. The molecule has 0 unspecified atom stereocenters. The lowest BCUT2D eigenvalue weighted by Gasteiger charge is -2.10. The molecule has 0 spiro atoms. The Labute approximate surface area is 149 Å².